The Morgan fingerprint density at radius 2 is 1.70 bits per heavy atom. The molecule has 5 nitrogen and oxygen atoms in total. The third-order valence-electron chi connectivity index (χ3n) is 2.66. The smallest absolute Gasteiger partial charge is 0.269 e. The van der Waals surface area contributed by atoms with Crippen LogP contribution in [0.5, 0.6) is 11.5 Å². The molecule has 0 unspecified atom stereocenters. The minimum atomic E-state index is -0.416. The standard InChI is InChI=1S/C15H15NO4/c1-2-19-14-6-8-15(9-7-14)20-11-12-4-3-5-13(10-12)16(17)18/h3-10H,2,11H2,1H3. The normalized spacial score (nSPS) is 10.1. The maximum atomic E-state index is 10.7. The second kappa shape index (κ2) is 6.56. The van der Waals surface area contributed by atoms with Crippen LogP contribution in [-0.2, 0) is 6.61 Å². The summed E-state index contributed by atoms with van der Waals surface area (Å²) in [5.74, 6) is 1.48. The lowest BCUT2D eigenvalue weighted by molar-refractivity contribution is -0.384. The number of hydrogen-bond donors (Lipinski definition) is 0. The molecule has 0 saturated heterocycles. The molecule has 0 aliphatic carbocycles. The monoisotopic (exact) mass is 273 g/mol. The molecule has 0 amide bonds. The molecular formula is C15H15NO4. The van der Waals surface area contributed by atoms with E-state index in [1.54, 1.807) is 12.1 Å². The van der Waals surface area contributed by atoms with E-state index in [0.29, 0.717) is 12.4 Å². The Morgan fingerprint density at radius 1 is 1.05 bits per heavy atom. The molecule has 0 aliphatic rings. The number of ether oxygens (including phenoxy) is 2. The lowest BCUT2D eigenvalue weighted by Crippen LogP contribution is -1.97. The van der Waals surface area contributed by atoms with Gasteiger partial charge in [0.15, 0.2) is 0 Å². The van der Waals surface area contributed by atoms with Crippen LogP contribution in [0.3, 0.4) is 0 Å². The van der Waals surface area contributed by atoms with Gasteiger partial charge < -0.3 is 9.47 Å². The van der Waals surface area contributed by atoms with Crippen LogP contribution < -0.4 is 9.47 Å². The summed E-state index contributed by atoms with van der Waals surface area (Å²) in [6.45, 7) is 2.83. The molecule has 0 heterocycles. The highest BCUT2D eigenvalue weighted by Crippen LogP contribution is 2.19. The van der Waals surface area contributed by atoms with Crippen molar-refractivity contribution in [2.45, 2.75) is 13.5 Å². The molecule has 2 rings (SSSR count). The summed E-state index contributed by atoms with van der Waals surface area (Å²) in [6.07, 6.45) is 0. The average Bonchev–Trinajstić information content (AvgIpc) is 2.47. The van der Waals surface area contributed by atoms with Gasteiger partial charge in [-0.05, 0) is 36.8 Å². The van der Waals surface area contributed by atoms with Gasteiger partial charge in [-0.3, -0.25) is 10.1 Å². The Kier molecular flexibility index (Phi) is 4.55. The highest BCUT2D eigenvalue weighted by atomic mass is 16.6. The molecule has 0 atom stereocenters. The first-order chi connectivity index (χ1) is 9.69. The van der Waals surface area contributed by atoms with Crippen molar-refractivity contribution < 1.29 is 14.4 Å². The molecule has 0 fully saturated rings. The van der Waals surface area contributed by atoms with Crippen LogP contribution in [0.2, 0.25) is 0 Å². The van der Waals surface area contributed by atoms with E-state index in [1.807, 2.05) is 31.2 Å². The van der Waals surface area contributed by atoms with Gasteiger partial charge in [0.1, 0.15) is 18.1 Å². The minimum absolute atomic E-state index is 0.0674. The van der Waals surface area contributed by atoms with E-state index >= 15 is 0 Å². The summed E-state index contributed by atoms with van der Waals surface area (Å²) >= 11 is 0. The predicted octanol–water partition coefficient (Wildman–Crippen LogP) is 3.57. The Hall–Kier alpha value is -2.56. The molecule has 104 valence electrons. The van der Waals surface area contributed by atoms with E-state index < -0.39 is 4.92 Å². The Labute approximate surface area is 116 Å². The van der Waals surface area contributed by atoms with Gasteiger partial charge in [0, 0.05) is 12.1 Å². The summed E-state index contributed by atoms with van der Waals surface area (Å²) in [4.78, 5) is 10.3. The molecule has 0 aliphatic heterocycles. The quantitative estimate of drug-likeness (QED) is 0.596. The largest absolute Gasteiger partial charge is 0.494 e. The molecule has 2 aromatic carbocycles. The zero-order valence-electron chi connectivity index (χ0n) is 11.1. The highest BCUT2D eigenvalue weighted by molar-refractivity contribution is 5.35. The van der Waals surface area contributed by atoms with E-state index in [9.17, 15) is 10.1 Å². The van der Waals surface area contributed by atoms with Gasteiger partial charge in [-0.1, -0.05) is 12.1 Å². The lowest BCUT2D eigenvalue weighted by Gasteiger charge is -2.07. The third-order valence-corrected chi connectivity index (χ3v) is 2.66. The molecule has 0 N–H and O–H groups in total. The van der Waals surface area contributed by atoms with Crippen LogP contribution in [0.25, 0.3) is 0 Å². The topological polar surface area (TPSA) is 61.6 Å². The molecule has 0 spiro atoms. The summed E-state index contributed by atoms with van der Waals surface area (Å²) in [5, 5.41) is 10.7. The molecule has 20 heavy (non-hydrogen) atoms. The van der Waals surface area contributed by atoms with Crippen LogP contribution in [0.4, 0.5) is 5.69 Å². The van der Waals surface area contributed by atoms with E-state index in [0.717, 1.165) is 11.3 Å². The number of nitro benzene ring substituents is 1. The van der Waals surface area contributed by atoms with Crippen molar-refractivity contribution in [1.29, 1.82) is 0 Å². The molecule has 0 saturated carbocycles. The lowest BCUT2D eigenvalue weighted by atomic mass is 10.2. The Morgan fingerprint density at radius 3 is 2.30 bits per heavy atom. The molecule has 0 radical (unpaired) electrons. The van der Waals surface area contributed by atoms with Crippen molar-refractivity contribution in [3.05, 3.63) is 64.2 Å². The fourth-order valence-corrected chi connectivity index (χ4v) is 1.73. The number of nitro groups is 1. The first-order valence-electron chi connectivity index (χ1n) is 6.28. The van der Waals surface area contributed by atoms with Gasteiger partial charge in [-0.2, -0.15) is 0 Å². The van der Waals surface area contributed by atoms with Crippen LogP contribution >= 0.6 is 0 Å². The van der Waals surface area contributed by atoms with Gasteiger partial charge in [0.2, 0.25) is 0 Å². The summed E-state index contributed by atoms with van der Waals surface area (Å²) < 4.78 is 10.9. The third kappa shape index (κ3) is 3.71. The molecular weight excluding hydrogens is 258 g/mol. The van der Waals surface area contributed by atoms with Crippen LogP contribution in [0.15, 0.2) is 48.5 Å². The number of rotatable bonds is 6. The Bertz CT molecular complexity index is 581. The summed E-state index contributed by atoms with van der Waals surface area (Å²) in [5.41, 5.74) is 0.825. The van der Waals surface area contributed by atoms with Crippen molar-refractivity contribution in [2.75, 3.05) is 6.61 Å². The summed E-state index contributed by atoms with van der Waals surface area (Å²) in [6, 6.07) is 13.7. The molecule has 2 aromatic rings. The van der Waals surface area contributed by atoms with Crippen molar-refractivity contribution in [2.24, 2.45) is 0 Å². The van der Waals surface area contributed by atoms with Gasteiger partial charge in [-0.25, -0.2) is 0 Å². The Balaban J connectivity index is 1.97. The van der Waals surface area contributed by atoms with Crippen LogP contribution in [0.1, 0.15) is 12.5 Å². The molecule has 0 bridgehead atoms. The van der Waals surface area contributed by atoms with Gasteiger partial charge in [-0.15, -0.1) is 0 Å². The SMILES string of the molecule is CCOc1ccc(OCc2cccc([N+](=O)[O-])c2)cc1. The van der Waals surface area contributed by atoms with Crippen LogP contribution in [-0.4, -0.2) is 11.5 Å². The first-order valence-corrected chi connectivity index (χ1v) is 6.28. The second-order valence-electron chi connectivity index (χ2n) is 4.12. The van der Waals surface area contributed by atoms with Gasteiger partial charge in [0.05, 0.1) is 11.5 Å². The second-order valence-corrected chi connectivity index (χ2v) is 4.12. The van der Waals surface area contributed by atoms with E-state index in [1.165, 1.54) is 12.1 Å². The highest BCUT2D eigenvalue weighted by Gasteiger charge is 2.06. The fourth-order valence-electron chi connectivity index (χ4n) is 1.73. The minimum Gasteiger partial charge on any atom is -0.494 e. The molecule has 0 aromatic heterocycles. The average molecular weight is 273 g/mol. The number of nitrogens with zero attached hydrogens (tertiary/aromatic N) is 1. The maximum absolute atomic E-state index is 10.7. The maximum Gasteiger partial charge on any atom is 0.269 e. The number of hydrogen-bond acceptors (Lipinski definition) is 4. The van der Waals surface area contributed by atoms with Crippen molar-refractivity contribution in [3.63, 3.8) is 0 Å². The fraction of sp³-hybridized carbons (Fsp3) is 0.200. The predicted molar refractivity (Wildman–Crippen MR) is 75.0 cm³/mol. The first kappa shape index (κ1) is 13.9. The van der Waals surface area contributed by atoms with Gasteiger partial charge in [0.25, 0.3) is 5.69 Å². The zero-order chi connectivity index (χ0) is 14.4. The van der Waals surface area contributed by atoms with Gasteiger partial charge >= 0.3 is 0 Å². The van der Waals surface area contributed by atoms with E-state index in [4.69, 9.17) is 9.47 Å². The van der Waals surface area contributed by atoms with Crippen molar-refractivity contribution in [3.8, 4) is 11.5 Å². The van der Waals surface area contributed by atoms with E-state index in [-0.39, 0.29) is 12.3 Å². The van der Waals surface area contributed by atoms with Crippen molar-refractivity contribution >= 4 is 5.69 Å². The van der Waals surface area contributed by atoms with E-state index in [2.05, 4.69) is 0 Å². The zero-order valence-corrected chi connectivity index (χ0v) is 11.1. The van der Waals surface area contributed by atoms with Crippen molar-refractivity contribution in [1.82, 2.24) is 0 Å². The van der Waals surface area contributed by atoms with Crippen LogP contribution in [0, 0.1) is 10.1 Å². The number of non-ortho nitro benzene ring substituents is 1. The molecule has 5 heteroatoms. The summed E-state index contributed by atoms with van der Waals surface area (Å²) in [7, 11) is 0. The number of benzene rings is 2.